The van der Waals surface area contributed by atoms with Crippen LogP contribution in [-0.2, 0) is 17.5 Å². The van der Waals surface area contributed by atoms with Crippen molar-refractivity contribution in [1.82, 2.24) is 39.0 Å². The van der Waals surface area contributed by atoms with E-state index in [9.17, 15) is 22.8 Å². The first kappa shape index (κ1) is 35.4. The van der Waals surface area contributed by atoms with E-state index in [4.69, 9.17) is 19.4 Å². The molecule has 1 amide bonds. The number of hydrogen-bond acceptors (Lipinski definition) is 9. The lowest BCUT2D eigenvalue weighted by Gasteiger charge is -2.29. The summed E-state index contributed by atoms with van der Waals surface area (Å²) in [7, 11) is 1.53. The molecule has 0 bridgehead atoms. The Hall–Kier alpha value is -5.60. The Kier molecular flexibility index (Phi) is 8.77. The van der Waals surface area contributed by atoms with Gasteiger partial charge in [-0.2, -0.15) is 13.2 Å². The maximum atomic E-state index is 14.5. The average molecular weight is 741 g/mol. The van der Waals surface area contributed by atoms with Gasteiger partial charge in [-0.1, -0.05) is 30.3 Å². The fraction of sp³-hybridized carbons (Fsp3) is 0.410. The highest BCUT2D eigenvalue weighted by Crippen LogP contribution is 2.45. The van der Waals surface area contributed by atoms with Crippen molar-refractivity contribution in [3.05, 3.63) is 88.0 Å². The number of amides is 1. The van der Waals surface area contributed by atoms with Crippen LogP contribution in [0.25, 0.3) is 39.4 Å². The van der Waals surface area contributed by atoms with Crippen LogP contribution in [0.4, 0.5) is 18.0 Å². The SMILES string of the molecule is COc1ncnc(C2CC2)c1-c1ncc2cc(C3=CCN(C(=O)OC(C)(C)C)CC3)c(=O)n(Cc3ccc(-c4nc(C(F)(F)F)cn4C4CC4)cc3)c2n1. The first-order valence-corrected chi connectivity index (χ1v) is 18.0. The van der Waals surface area contributed by atoms with Gasteiger partial charge in [0.25, 0.3) is 5.56 Å². The van der Waals surface area contributed by atoms with Crippen LogP contribution in [0.1, 0.15) is 87.3 Å². The molecule has 5 aromatic rings. The van der Waals surface area contributed by atoms with Crippen molar-refractivity contribution in [1.29, 1.82) is 0 Å². The van der Waals surface area contributed by atoms with Crippen LogP contribution in [0.15, 0.2) is 59.9 Å². The number of pyridine rings is 1. The highest BCUT2D eigenvalue weighted by molar-refractivity contribution is 5.83. The highest BCUT2D eigenvalue weighted by Gasteiger charge is 2.38. The van der Waals surface area contributed by atoms with Crippen LogP contribution in [0, 0.1) is 0 Å². The van der Waals surface area contributed by atoms with Gasteiger partial charge in [0, 0.05) is 54.0 Å². The van der Waals surface area contributed by atoms with E-state index < -0.39 is 23.6 Å². The highest BCUT2D eigenvalue weighted by atomic mass is 19.4. The molecule has 2 saturated carbocycles. The van der Waals surface area contributed by atoms with Gasteiger partial charge in [0.2, 0.25) is 5.88 Å². The summed E-state index contributed by atoms with van der Waals surface area (Å²) in [6.07, 6.45) is 5.11. The Labute approximate surface area is 308 Å². The number of imidazole rings is 1. The molecule has 8 rings (SSSR count). The predicted molar refractivity (Wildman–Crippen MR) is 194 cm³/mol. The molecule has 1 aliphatic heterocycles. The molecule has 0 radical (unpaired) electrons. The normalized spacial score (nSPS) is 16.4. The molecule has 2 aliphatic carbocycles. The average Bonchev–Trinajstić information content (AvgIpc) is 4.10. The summed E-state index contributed by atoms with van der Waals surface area (Å²) in [4.78, 5) is 51.4. The minimum atomic E-state index is -4.56. The molecular weight excluding hydrogens is 701 g/mol. The van der Waals surface area contributed by atoms with Crippen molar-refractivity contribution in [2.24, 2.45) is 0 Å². The summed E-state index contributed by atoms with van der Waals surface area (Å²) in [5.74, 6) is 1.16. The van der Waals surface area contributed by atoms with Gasteiger partial charge in [0.15, 0.2) is 11.5 Å². The zero-order valence-corrected chi connectivity index (χ0v) is 30.4. The molecule has 0 N–H and O–H groups in total. The van der Waals surface area contributed by atoms with Gasteiger partial charge in [0.1, 0.15) is 29.0 Å². The summed E-state index contributed by atoms with van der Waals surface area (Å²) < 4.78 is 55.2. The minimum absolute atomic E-state index is 0.00999. The Morgan fingerprint density at radius 3 is 2.39 bits per heavy atom. The maximum Gasteiger partial charge on any atom is 0.434 e. The number of carbonyl (C=O) groups excluding carboxylic acids is 1. The molecule has 2 fully saturated rings. The van der Waals surface area contributed by atoms with E-state index >= 15 is 0 Å². The number of alkyl halides is 3. The molecule has 54 heavy (non-hydrogen) atoms. The van der Waals surface area contributed by atoms with Crippen molar-refractivity contribution < 1.29 is 27.4 Å². The fourth-order valence-electron chi connectivity index (χ4n) is 6.79. The number of benzene rings is 1. The topological polar surface area (TPSA) is 130 Å². The van der Waals surface area contributed by atoms with E-state index in [1.54, 1.807) is 50.6 Å². The third-order valence-corrected chi connectivity index (χ3v) is 9.77. The molecule has 1 aromatic carbocycles. The molecule has 5 heterocycles. The van der Waals surface area contributed by atoms with Gasteiger partial charge in [-0.3, -0.25) is 9.36 Å². The Bertz CT molecular complexity index is 2350. The number of fused-ring (bicyclic) bond motifs is 1. The lowest BCUT2D eigenvalue weighted by Crippen LogP contribution is -2.39. The summed E-state index contributed by atoms with van der Waals surface area (Å²) in [5, 5.41) is 0.621. The third-order valence-electron chi connectivity index (χ3n) is 9.77. The number of methoxy groups -OCH3 is 1. The van der Waals surface area contributed by atoms with E-state index in [1.807, 2.05) is 26.8 Å². The predicted octanol–water partition coefficient (Wildman–Crippen LogP) is 7.42. The minimum Gasteiger partial charge on any atom is -0.480 e. The molecule has 280 valence electrons. The van der Waals surface area contributed by atoms with E-state index in [0.29, 0.717) is 52.4 Å². The zero-order chi connectivity index (χ0) is 37.9. The van der Waals surface area contributed by atoms with Gasteiger partial charge in [-0.15, -0.1) is 0 Å². The Morgan fingerprint density at radius 2 is 1.76 bits per heavy atom. The van der Waals surface area contributed by atoms with Gasteiger partial charge >= 0.3 is 12.3 Å². The lowest BCUT2D eigenvalue weighted by atomic mass is 9.99. The second-order valence-corrected chi connectivity index (χ2v) is 15.0. The number of halogens is 3. The van der Waals surface area contributed by atoms with Gasteiger partial charge in [0.05, 0.1) is 19.3 Å². The summed E-state index contributed by atoms with van der Waals surface area (Å²) in [6.45, 7) is 6.21. The van der Waals surface area contributed by atoms with Crippen LogP contribution in [0.2, 0.25) is 0 Å². The fourth-order valence-corrected chi connectivity index (χ4v) is 6.79. The molecule has 3 aliphatic rings. The number of ether oxygens (including phenoxy) is 2. The summed E-state index contributed by atoms with van der Waals surface area (Å²) >= 11 is 0. The van der Waals surface area contributed by atoms with Crippen molar-refractivity contribution in [2.75, 3.05) is 20.2 Å². The molecule has 0 saturated heterocycles. The standard InChI is InChI=1S/C39H39F3N8O4/c1-38(2,3)54-37(52)48-15-13-23(14-16-48)28-17-26-18-43-32(30-31(24-9-10-24)44-21-45-35(30)53-4)47-34(26)50(36(28)51)19-22-5-7-25(8-6-22)33-46-29(39(40,41)42)20-49(33)27-11-12-27/h5-8,13,17-18,20-21,24,27H,9-12,14-16,19H2,1-4H3. The molecule has 0 atom stereocenters. The van der Waals surface area contributed by atoms with Crippen molar-refractivity contribution >= 4 is 22.7 Å². The Balaban J connectivity index is 1.19. The van der Waals surface area contributed by atoms with Crippen LogP contribution in [-0.4, -0.2) is 70.8 Å². The van der Waals surface area contributed by atoms with Crippen molar-refractivity contribution in [2.45, 2.75) is 83.2 Å². The molecule has 0 spiro atoms. The van der Waals surface area contributed by atoms with Crippen LogP contribution in [0.3, 0.4) is 0 Å². The molecule has 12 nitrogen and oxygen atoms in total. The molecule has 4 aromatic heterocycles. The molecule has 15 heteroatoms. The largest absolute Gasteiger partial charge is 0.480 e. The number of aromatic nitrogens is 7. The third kappa shape index (κ3) is 7.06. The van der Waals surface area contributed by atoms with E-state index in [2.05, 4.69) is 15.0 Å². The quantitative estimate of drug-likeness (QED) is 0.160. The summed E-state index contributed by atoms with van der Waals surface area (Å²) in [6, 6.07) is 8.82. The first-order valence-electron chi connectivity index (χ1n) is 18.0. The van der Waals surface area contributed by atoms with Gasteiger partial charge in [-0.25, -0.2) is 29.7 Å². The second kappa shape index (κ2) is 13.4. The molecule has 0 unspecified atom stereocenters. The number of nitrogens with zero attached hydrogens (tertiary/aromatic N) is 8. The van der Waals surface area contributed by atoms with E-state index in [1.165, 1.54) is 13.4 Å². The molecular formula is C39H39F3N8O4. The summed E-state index contributed by atoms with van der Waals surface area (Å²) in [5.41, 5.74) is 2.44. The smallest absolute Gasteiger partial charge is 0.434 e. The number of carbonyl (C=O) groups is 1. The first-order chi connectivity index (χ1) is 25.8. The van der Waals surface area contributed by atoms with Crippen LogP contribution < -0.4 is 10.3 Å². The van der Waals surface area contributed by atoms with E-state index in [0.717, 1.165) is 48.7 Å². The van der Waals surface area contributed by atoms with E-state index in [-0.39, 0.29) is 36.4 Å². The van der Waals surface area contributed by atoms with Crippen molar-refractivity contribution in [3.8, 4) is 28.7 Å². The van der Waals surface area contributed by atoms with Crippen LogP contribution >= 0.6 is 0 Å². The van der Waals surface area contributed by atoms with Crippen molar-refractivity contribution in [3.63, 3.8) is 0 Å². The second-order valence-electron chi connectivity index (χ2n) is 15.0. The Morgan fingerprint density at radius 1 is 1.00 bits per heavy atom. The number of rotatable bonds is 8. The van der Waals surface area contributed by atoms with Crippen LogP contribution in [0.5, 0.6) is 5.88 Å². The monoisotopic (exact) mass is 740 g/mol. The lowest BCUT2D eigenvalue weighted by molar-refractivity contribution is -0.140. The zero-order valence-electron chi connectivity index (χ0n) is 30.4. The maximum absolute atomic E-state index is 14.5. The van der Waals surface area contributed by atoms with Gasteiger partial charge in [-0.05, 0) is 70.1 Å². The van der Waals surface area contributed by atoms with Gasteiger partial charge < -0.3 is 18.9 Å². The number of hydrogen-bond donors (Lipinski definition) is 0.